The summed E-state index contributed by atoms with van der Waals surface area (Å²) < 4.78 is 1.65. The van der Waals surface area contributed by atoms with E-state index in [4.69, 9.17) is 0 Å². The molecule has 4 aromatic rings. The molecule has 2 aromatic heterocycles. The molecule has 0 fully saturated rings. The molecular formula is C22H19N5O3. The van der Waals surface area contributed by atoms with Crippen LogP contribution in [-0.4, -0.2) is 26.6 Å². The molecule has 0 spiro atoms. The summed E-state index contributed by atoms with van der Waals surface area (Å²) in [5.74, 6) is -0.713. The summed E-state index contributed by atoms with van der Waals surface area (Å²) in [5, 5.41) is 10.2. The number of hydrogen-bond acceptors (Lipinski definition) is 4. The average Bonchev–Trinajstić information content (AvgIpc) is 3.07. The molecule has 150 valence electrons. The van der Waals surface area contributed by atoms with Gasteiger partial charge in [0.1, 0.15) is 11.2 Å². The SMILES string of the molecule is CC(=O)Nc1ccc(NC(=O)c2c[nH]c3c(c(C)nn3-c3ccccc3)c2=O)cc1. The molecule has 0 saturated carbocycles. The highest BCUT2D eigenvalue weighted by Gasteiger charge is 2.19. The second kappa shape index (κ2) is 7.67. The molecule has 8 heteroatoms. The summed E-state index contributed by atoms with van der Waals surface area (Å²) in [4.78, 5) is 39.9. The van der Waals surface area contributed by atoms with Gasteiger partial charge >= 0.3 is 0 Å². The first kappa shape index (κ1) is 19.1. The van der Waals surface area contributed by atoms with Crippen LogP contribution in [0.2, 0.25) is 0 Å². The van der Waals surface area contributed by atoms with E-state index in [9.17, 15) is 14.4 Å². The number of hydrogen-bond donors (Lipinski definition) is 3. The van der Waals surface area contributed by atoms with Crippen LogP contribution in [0.1, 0.15) is 23.0 Å². The fraction of sp³-hybridized carbons (Fsp3) is 0.0909. The highest BCUT2D eigenvalue weighted by molar-refractivity contribution is 6.05. The number of amides is 2. The van der Waals surface area contributed by atoms with E-state index in [1.807, 2.05) is 30.3 Å². The average molecular weight is 401 g/mol. The van der Waals surface area contributed by atoms with Crippen molar-refractivity contribution in [1.82, 2.24) is 14.8 Å². The van der Waals surface area contributed by atoms with E-state index in [1.165, 1.54) is 13.1 Å². The first-order valence-corrected chi connectivity index (χ1v) is 9.29. The van der Waals surface area contributed by atoms with Gasteiger partial charge in [-0.15, -0.1) is 0 Å². The van der Waals surface area contributed by atoms with Crippen molar-refractivity contribution in [3.63, 3.8) is 0 Å². The number of aromatic nitrogens is 3. The molecule has 8 nitrogen and oxygen atoms in total. The molecule has 3 N–H and O–H groups in total. The summed E-state index contributed by atoms with van der Waals surface area (Å²) in [6.07, 6.45) is 1.40. The Balaban J connectivity index is 1.66. The van der Waals surface area contributed by atoms with Crippen LogP contribution >= 0.6 is 0 Å². The van der Waals surface area contributed by atoms with Gasteiger partial charge in [0, 0.05) is 24.5 Å². The molecule has 2 aromatic carbocycles. The summed E-state index contributed by atoms with van der Waals surface area (Å²) in [6.45, 7) is 3.15. The molecule has 0 unspecified atom stereocenters. The van der Waals surface area contributed by atoms with Crippen molar-refractivity contribution in [2.75, 3.05) is 10.6 Å². The lowest BCUT2D eigenvalue weighted by Crippen LogP contribution is -2.22. The smallest absolute Gasteiger partial charge is 0.261 e. The number of rotatable bonds is 4. The maximum atomic E-state index is 13.0. The van der Waals surface area contributed by atoms with Crippen LogP contribution in [0.25, 0.3) is 16.7 Å². The lowest BCUT2D eigenvalue weighted by molar-refractivity contribution is -0.114. The summed E-state index contributed by atoms with van der Waals surface area (Å²) >= 11 is 0. The van der Waals surface area contributed by atoms with E-state index >= 15 is 0 Å². The molecule has 0 atom stereocenters. The number of aryl methyl sites for hydroxylation is 1. The van der Waals surface area contributed by atoms with Crippen LogP contribution in [0.3, 0.4) is 0 Å². The minimum atomic E-state index is -0.530. The van der Waals surface area contributed by atoms with E-state index in [0.29, 0.717) is 28.1 Å². The maximum Gasteiger partial charge on any atom is 0.261 e. The van der Waals surface area contributed by atoms with Crippen molar-refractivity contribution >= 4 is 34.2 Å². The number of fused-ring (bicyclic) bond motifs is 1. The number of carbonyl (C=O) groups is 2. The van der Waals surface area contributed by atoms with Gasteiger partial charge in [0.25, 0.3) is 5.91 Å². The molecule has 0 bridgehead atoms. The second-order valence-electron chi connectivity index (χ2n) is 6.80. The van der Waals surface area contributed by atoms with Gasteiger partial charge in [-0.25, -0.2) is 4.68 Å². The minimum absolute atomic E-state index is 0.0100. The third-order valence-corrected chi connectivity index (χ3v) is 4.59. The van der Waals surface area contributed by atoms with Gasteiger partial charge in [-0.05, 0) is 43.3 Å². The summed E-state index contributed by atoms with van der Waals surface area (Å²) in [6, 6.07) is 16.1. The van der Waals surface area contributed by atoms with Crippen molar-refractivity contribution in [3.8, 4) is 5.69 Å². The first-order valence-electron chi connectivity index (χ1n) is 9.29. The topological polar surface area (TPSA) is 109 Å². The Labute approximate surface area is 171 Å². The zero-order chi connectivity index (χ0) is 21.3. The summed E-state index contributed by atoms with van der Waals surface area (Å²) in [7, 11) is 0. The van der Waals surface area contributed by atoms with Crippen molar-refractivity contribution < 1.29 is 9.59 Å². The number of pyridine rings is 1. The van der Waals surface area contributed by atoms with E-state index in [1.54, 1.807) is 35.9 Å². The second-order valence-corrected chi connectivity index (χ2v) is 6.80. The standard InChI is InChI=1S/C22H19N5O3/c1-13-19-20(29)18(12-23-21(19)27(26-13)17-6-4-3-5-7-17)22(30)25-16-10-8-15(9-11-16)24-14(2)28/h3-12H,1-2H3,(H,23,29)(H,24,28)(H,25,30). The summed E-state index contributed by atoms with van der Waals surface area (Å²) in [5.41, 5.74) is 2.58. The highest BCUT2D eigenvalue weighted by atomic mass is 16.2. The Kier molecular flexibility index (Phi) is 4.89. The predicted octanol–water partition coefficient (Wildman–Crippen LogP) is 3.23. The molecule has 0 aliphatic rings. The number of benzene rings is 2. The number of H-pyrrole nitrogens is 1. The van der Waals surface area contributed by atoms with Gasteiger partial charge in [-0.3, -0.25) is 14.4 Å². The Morgan fingerprint density at radius 2 is 1.60 bits per heavy atom. The number of anilines is 2. The lowest BCUT2D eigenvalue weighted by atomic mass is 10.1. The molecule has 30 heavy (non-hydrogen) atoms. The molecule has 0 aliphatic heterocycles. The van der Waals surface area contributed by atoms with Gasteiger partial charge in [-0.2, -0.15) is 5.10 Å². The maximum absolute atomic E-state index is 13.0. The van der Waals surface area contributed by atoms with Crippen molar-refractivity contribution in [2.45, 2.75) is 13.8 Å². The van der Waals surface area contributed by atoms with E-state index in [2.05, 4.69) is 20.7 Å². The monoisotopic (exact) mass is 401 g/mol. The highest BCUT2D eigenvalue weighted by Crippen LogP contribution is 2.18. The van der Waals surface area contributed by atoms with Crippen LogP contribution in [0.5, 0.6) is 0 Å². The number of para-hydroxylation sites is 1. The van der Waals surface area contributed by atoms with Gasteiger partial charge in [0.15, 0.2) is 0 Å². The third kappa shape index (κ3) is 3.58. The van der Waals surface area contributed by atoms with Crippen LogP contribution in [-0.2, 0) is 4.79 Å². The van der Waals surface area contributed by atoms with Crippen molar-refractivity contribution in [2.24, 2.45) is 0 Å². The molecule has 0 radical (unpaired) electrons. The number of nitrogens with zero attached hydrogens (tertiary/aromatic N) is 2. The Hall–Kier alpha value is -4.20. The molecule has 0 aliphatic carbocycles. The van der Waals surface area contributed by atoms with E-state index < -0.39 is 11.3 Å². The van der Waals surface area contributed by atoms with Gasteiger partial charge in [0.2, 0.25) is 11.3 Å². The van der Waals surface area contributed by atoms with Gasteiger partial charge in [0.05, 0.1) is 16.8 Å². The lowest BCUT2D eigenvalue weighted by Gasteiger charge is -2.07. The van der Waals surface area contributed by atoms with E-state index in [0.717, 1.165) is 5.69 Å². The molecule has 0 saturated heterocycles. The van der Waals surface area contributed by atoms with Crippen molar-refractivity contribution in [1.29, 1.82) is 0 Å². The van der Waals surface area contributed by atoms with Gasteiger partial charge < -0.3 is 15.6 Å². The van der Waals surface area contributed by atoms with Crippen LogP contribution < -0.4 is 16.1 Å². The van der Waals surface area contributed by atoms with Crippen LogP contribution in [0.4, 0.5) is 11.4 Å². The van der Waals surface area contributed by atoms with Crippen LogP contribution in [0.15, 0.2) is 65.6 Å². The first-order chi connectivity index (χ1) is 14.4. The normalized spacial score (nSPS) is 10.7. The molecule has 2 heterocycles. The fourth-order valence-corrected chi connectivity index (χ4v) is 3.24. The van der Waals surface area contributed by atoms with Gasteiger partial charge in [-0.1, -0.05) is 18.2 Å². The van der Waals surface area contributed by atoms with Crippen molar-refractivity contribution in [3.05, 3.63) is 82.3 Å². The molecular weight excluding hydrogens is 382 g/mol. The number of carbonyl (C=O) groups excluding carboxylic acids is 2. The Morgan fingerprint density at radius 3 is 2.23 bits per heavy atom. The van der Waals surface area contributed by atoms with E-state index in [-0.39, 0.29) is 11.5 Å². The fourth-order valence-electron chi connectivity index (χ4n) is 3.24. The molecule has 2 amide bonds. The van der Waals surface area contributed by atoms with Crippen LogP contribution in [0, 0.1) is 6.92 Å². The molecule has 4 rings (SSSR count). The third-order valence-electron chi connectivity index (χ3n) is 4.59. The minimum Gasteiger partial charge on any atom is -0.345 e. The number of nitrogens with one attached hydrogen (secondary N) is 3. The zero-order valence-electron chi connectivity index (χ0n) is 16.4. The Bertz CT molecular complexity index is 1300. The zero-order valence-corrected chi connectivity index (χ0v) is 16.4. The Morgan fingerprint density at radius 1 is 0.967 bits per heavy atom. The number of aromatic amines is 1. The quantitative estimate of drug-likeness (QED) is 0.488. The largest absolute Gasteiger partial charge is 0.345 e. The predicted molar refractivity (Wildman–Crippen MR) is 115 cm³/mol.